The largest absolute Gasteiger partial charge is 0.296 e. The molecule has 0 spiro atoms. The number of rotatable bonds is 4. The molecule has 130 valence electrons. The molecule has 0 saturated carbocycles. The minimum atomic E-state index is -0.216. The van der Waals surface area contributed by atoms with Gasteiger partial charge in [0.05, 0.1) is 11.9 Å². The molecular formula is C18H20N4OS2. The summed E-state index contributed by atoms with van der Waals surface area (Å²) in [6, 6.07) is 9.75. The number of imidazole rings is 1. The van der Waals surface area contributed by atoms with Gasteiger partial charge >= 0.3 is 0 Å². The van der Waals surface area contributed by atoms with Crippen molar-refractivity contribution in [1.82, 2.24) is 14.5 Å². The number of carbonyl (C=O) groups is 1. The number of nitrogens with one attached hydrogen (secondary N) is 1. The van der Waals surface area contributed by atoms with Crippen LogP contribution in [0.5, 0.6) is 0 Å². The first-order valence-corrected chi connectivity index (χ1v) is 9.95. The zero-order valence-electron chi connectivity index (χ0n) is 14.6. The molecule has 7 heteroatoms. The Balaban J connectivity index is 1.91. The van der Waals surface area contributed by atoms with Gasteiger partial charge in [0, 0.05) is 16.5 Å². The summed E-state index contributed by atoms with van der Waals surface area (Å²) in [7, 11) is 0. The molecule has 1 aromatic carbocycles. The molecule has 0 bridgehead atoms. The number of aromatic nitrogens is 3. The van der Waals surface area contributed by atoms with Crippen LogP contribution in [0.3, 0.4) is 0 Å². The molecule has 0 aliphatic carbocycles. The minimum absolute atomic E-state index is 0.0443. The molecule has 0 unspecified atom stereocenters. The van der Waals surface area contributed by atoms with E-state index in [4.69, 9.17) is 0 Å². The van der Waals surface area contributed by atoms with Gasteiger partial charge < -0.3 is 0 Å². The summed E-state index contributed by atoms with van der Waals surface area (Å²) in [5, 5.41) is 6.25. The van der Waals surface area contributed by atoms with Crippen LogP contribution in [0.25, 0.3) is 5.69 Å². The van der Waals surface area contributed by atoms with E-state index >= 15 is 0 Å². The second kappa shape index (κ2) is 7.01. The number of thioether (sulfide) groups is 1. The maximum absolute atomic E-state index is 12.8. The zero-order chi connectivity index (χ0) is 18.0. The summed E-state index contributed by atoms with van der Waals surface area (Å²) in [5.41, 5.74) is 2.32. The van der Waals surface area contributed by atoms with Crippen molar-refractivity contribution in [1.29, 1.82) is 0 Å². The number of thiazole rings is 1. The molecule has 0 fully saturated rings. The van der Waals surface area contributed by atoms with Crippen LogP contribution in [0.1, 0.15) is 37.0 Å². The van der Waals surface area contributed by atoms with E-state index in [0.29, 0.717) is 10.8 Å². The summed E-state index contributed by atoms with van der Waals surface area (Å²) in [6.45, 7) is 6.30. The van der Waals surface area contributed by atoms with Crippen molar-refractivity contribution in [3.8, 4) is 5.69 Å². The Kier molecular flexibility index (Phi) is 4.96. The predicted octanol–water partition coefficient (Wildman–Crippen LogP) is 4.60. The maximum atomic E-state index is 12.8. The molecular weight excluding hydrogens is 352 g/mol. The third-order valence-corrected chi connectivity index (χ3v) is 5.06. The quantitative estimate of drug-likeness (QED) is 0.680. The number of amides is 1. The van der Waals surface area contributed by atoms with E-state index in [1.54, 1.807) is 6.20 Å². The fraction of sp³-hybridized carbons (Fsp3) is 0.278. The van der Waals surface area contributed by atoms with Crippen molar-refractivity contribution in [2.75, 3.05) is 11.6 Å². The van der Waals surface area contributed by atoms with Gasteiger partial charge in [-0.3, -0.25) is 14.7 Å². The third-order valence-electron chi connectivity index (χ3n) is 3.65. The number of hydrogen-bond donors (Lipinski definition) is 1. The SMILES string of the molecule is CSc1ncc(C(=O)Nc2nc(C(C)(C)C)cs2)n1-c1ccccc1. The number of anilines is 1. The second-order valence-electron chi connectivity index (χ2n) is 6.54. The molecule has 0 aliphatic heterocycles. The molecule has 1 amide bonds. The molecule has 0 aliphatic rings. The fourth-order valence-electron chi connectivity index (χ4n) is 2.30. The number of nitrogens with zero attached hydrogens (tertiary/aromatic N) is 3. The highest BCUT2D eigenvalue weighted by Crippen LogP contribution is 2.27. The average molecular weight is 373 g/mol. The lowest BCUT2D eigenvalue weighted by molar-refractivity contribution is 0.102. The normalized spacial score (nSPS) is 11.5. The minimum Gasteiger partial charge on any atom is -0.296 e. The topological polar surface area (TPSA) is 59.8 Å². The van der Waals surface area contributed by atoms with Gasteiger partial charge in [0.15, 0.2) is 10.3 Å². The molecule has 3 rings (SSSR count). The van der Waals surface area contributed by atoms with Gasteiger partial charge in [0.25, 0.3) is 5.91 Å². The Morgan fingerprint density at radius 1 is 1.24 bits per heavy atom. The van der Waals surface area contributed by atoms with Crippen LogP contribution in [0.2, 0.25) is 0 Å². The smallest absolute Gasteiger partial charge is 0.276 e. The first-order chi connectivity index (χ1) is 11.9. The van der Waals surface area contributed by atoms with Crippen molar-refractivity contribution in [3.63, 3.8) is 0 Å². The lowest BCUT2D eigenvalue weighted by Crippen LogP contribution is -2.17. The lowest BCUT2D eigenvalue weighted by atomic mass is 9.93. The molecule has 2 heterocycles. The monoisotopic (exact) mass is 372 g/mol. The van der Waals surface area contributed by atoms with Gasteiger partial charge in [-0.15, -0.1) is 11.3 Å². The fourth-order valence-corrected chi connectivity index (χ4v) is 3.78. The summed E-state index contributed by atoms with van der Waals surface area (Å²) in [6.07, 6.45) is 3.55. The van der Waals surface area contributed by atoms with E-state index in [9.17, 15) is 4.79 Å². The van der Waals surface area contributed by atoms with E-state index in [1.165, 1.54) is 23.1 Å². The predicted molar refractivity (Wildman–Crippen MR) is 104 cm³/mol. The van der Waals surface area contributed by atoms with E-state index < -0.39 is 0 Å². The summed E-state index contributed by atoms with van der Waals surface area (Å²) in [4.78, 5) is 21.7. The van der Waals surface area contributed by atoms with Gasteiger partial charge in [-0.25, -0.2) is 9.97 Å². The van der Waals surface area contributed by atoms with Crippen LogP contribution in [0.15, 0.2) is 47.1 Å². The van der Waals surface area contributed by atoms with Crippen LogP contribution >= 0.6 is 23.1 Å². The van der Waals surface area contributed by atoms with Gasteiger partial charge in [0.1, 0.15) is 5.69 Å². The van der Waals surface area contributed by atoms with E-state index in [2.05, 4.69) is 36.1 Å². The number of carbonyl (C=O) groups excluding carboxylic acids is 1. The van der Waals surface area contributed by atoms with Gasteiger partial charge in [0.2, 0.25) is 0 Å². The van der Waals surface area contributed by atoms with E-state index in [1.807, 2.05) is 46.5 Å². The van der Waals surface area contributed by atoms with Crippen LogP contribution in [-0.2, 0) is 5.41 Å². The molecule has 0 atom stereocenters. The zero-order valence-corrected chi connectivity index (χ0v) is 16.2. The highest BCUT2D eigenvalue weighted by atomic mass is 32.2. The Labute approximate surface area is 155 Å². The lowest BCUT2D eigenvalue weighted by Gasteiger charge is -2.14. The van der Waals surface area contributed by atoms with Gasteiger partial charge in [-0.05, 0) is 18.4 Å². The average Bonchev–Trinajstić information content (AvgIpc) is 3.21. The second-order valence-corrected chi connectivity index (χ2v) is 8.17. The summed E-state index contributed by atoms with van der Waals surface area (Å²) < 4.78 is 1.86. The number of para-hydroxylation sites is 1. The van der Waals surface area contributed by atoms with Gasteiger partial charge in [-0.2, -0.15) is 0 Å². The van der Waals surface area contributed by atoms with Crippen LogP contribution < -0.4 is 5.32 Å². The van der Waals surface area contributed by atoms with Crippen LogP contribution in [0, 0.1) is 0 Å². The molecule has 1 N–H and O–H groups in total. The van der Waals surface area contributed by atoms with Crippen molar-refractivity contribution in [2.24, 2.45) is 0 Å². The highest BCUT2D eigenvalue weighted by Gasteiger charge is 2.21. The van der Waals surface area contributed by atoms with Gasteiger partial charge in [-0.1, -0.05) is 50.7 Å². The molecule has 0 saturated heterocycles. The van der Waals surface area contributed by atoms with Crippen molar-refractivity contribution in [3.05, 3.63) is 53.3 Å². The first kappa shape index (κ1) is 17.7. The van der Waals surface area contributed by atoms with E-state index in [0.717, 1.165) is 16.5 Å². The third kappa shape index (κ3) is 3.77. The van der Waals surface area contributed by atoms with Crippen molar-refractivity contribution < 1.29 is 4.79 Å². The molecule has 0 radical (unpaired) electrons. The Hall–Kier alpha value is -2.12. The standard InChI is InChI=1S/C18H20N4OS2/c1-18(2,3)14-11-25-16(20-14)21-15(23)13-10-19-17(24-4)22(13)12-8-6-5-7-9-12/h5-11H,1-4H3,(H,20,21,23). The maximum Gasteiger partial charge on any atom is 0.276 e. The molecule has 3 aromatic rings. The molecule has 25 heavy (non-hydrogen) atoms. The highest BCUT2D eigenvalue weighted by molar-refractivity contribution is 7.98. The van der Waals surface area contributed by atoms with Crippen molar-refractivity contribution >= 4 is 34.1 Å². The number of hydrogen-bond acceptors (Lipinski definition) is 5. The Morgan fingerprint density at radius 2 is 1.96 bits per heavy atom. The van der Waals surface area contributed by atoms with Crippen LogP contribution in [0.4, 0.5) is 5.13 Å². The Morgan fingerprint density at radius 3 is 2.56 bits per heavy atom. The van der Waals surface area contributed by atoms with Crippen LogP contribution in [-0.4, -0.2) is 26.7 Å². The van der Waals surface area contributed by atoms with Crippen molar-refractivity contribution in [2.45, 2.75) is 31.3 Å². The molecule has 2 aromatic heterocycles. The Bertz CT molecular complexity index is 878. The first-order valence-electron chi connectivity index (χ1n) is 7.84. The molecule has 5 nitrogen and oxygen atoms in total. The number of benzene rings is 1. The summed E-state index contributed by atoms with van der Waals surface area (Å²) in [5.74, 6) is -0.216. The summed E-state index contributed by atoms with van der Waals surface area (Å²) >= 11 is 2.94. The van der Waals surface area contributed by atoms with E-state index in [-0.39, 0.29) is 11.3 Å².